The molecule has 98 valence electrons. The molecule has 0 aliphatic carbocycles. The highest BCUT2D eigenvalue weighted by molar-refractivity contribution is 5.02. The van der Waals surface area contributed by atoms with Crippen molar-refractivity contribution in [3.8, 4) is 0 Å². The topological polar surface area (TPSA) is 47.7 Å². The maximum atomic E-state index is 4.39. The van der Waals surface area contributed by atoms with Crippen LogP contribution in [0.1, 0.15) is 25.4 Å². The predicted molar refractivity (Wildman–Crippen MR) is 71.1 cm³/mol. The zero-order valence-electron chi connectivity index (χ0n) is 11.3. The number of nitrogens with one attached hydrogen (secondary N) is 1. The summed E-state index contributed by atoms with van der Waals surface area (Å²) in [7, 11) is 2.01. The second-order valence-corrected chi connectivity index (χ2v) is 4.99. The van der Waals surface area contributed by atoms with Gasteiger partial charge in [-0.05, 0) is 12.5 Å². The van der Waals surface area contributed by atoms with Gasteiger partial charge in [-0.1, -0.05) is 13.8 Å². The third-order valence-corrected chi connectivity index (χ3v) is 2.89. The van der Waals surface area contributed by atoms with Crippen molar-refractivity contribution in [2.24, 2.45) is 13.0 Å². The summed E-state index contributed by atoms with van der Waals surface area (Å²) in [5, 5.41) is 3.42. The fourth-order valence-corrected chi connectivity index (χ4v) is 1.84. The quantitative estimate of drug-likeness (QED) is 0.839. The Morgan fingerprint density at radius 1 is 1.39 bits per heavy atom. The minimum Gasteiger partial charge on any atom is -0.336 e. The SMILES string of the molecule is CC(C)CNCc1nccn1Cc1cncn1C. The number of nitrogens with zero attached hydrogens (tertiary/aromatic N) is 4. The lowest BCUT2D eigenvalue weighted by molar-refractivity contribution is 0.531. The van der Waals surface area contributed by atoms with Crippen LogP contribution in [-0.4, -0.2) is 25.6 Å². The largest absolute Gasteiger partial charge is 0.336 e. The van der Waals surface area contributed by atoms with Gasteiger partial charge >= 0.3 is 0 Å². The highest BCUT2D eigenvalue weighted by Crippen LogP contribution is 2.04. The van der Waals surface area contributed by atoms with E-state index in [0.717, 1.165) is 25.5 Å². The molecule has 0 aromatic carbocycles. The maximum absolute atomic E-state index is 4.39. The standard InChI is InChI=1S/C13H21N5/c1-11(2)6-14-8-13-16-4-5-18(13)9-12-7-15-10-17(12)3/h4-5,7,10-11,14H,6,8-9H2,1-3H3. The second kappa shape index (κ2) is 5.82. The molecule has 0 fully saturated rings. The molecule has 0 saturated carbocycles. The van der Waals surface area contributed by atoms with Crippen LogP contribution >= 0.6 is 0 Å². The van der Waals surface area contributed by atoms with Gasteiger partial charge in [-0.15, -0.1) is 0 Å². The van der Waals surface area contributed by atoms with E-state index in [1.807, 2.05) is 36.5 Å². The van der Waals surface area contributed by atoms with E-state index in [2.05, 4.69) is 33.7 Å². The number of aryl methyl sites for hydroxylation is 1. The van der Waals surface area contributed by atoms with Crippen LogP contribution in [-0.2, 0) is 20.1 Å². The van der Waals surface area contributed by atoms with Crippen molar-refractivity contribution < 1.29 is 0 Å². The Bertz CT molecular complexity index is 483. The Morgan fingerprint density at radius 3 is 2.89 bits per heavy atom. The molecule has 0 saturated heterocycles. The summed E-state index contributed by atoms with van der Waals surface area (Å²) in [6, 6.07) is 0. The van der Waals surface area contributed by atoms with Crippen molar-refractivity contribution in [2.75, 3.05) is 6.54 Å². The van der Waals surface area contributed by atoms with E-state index < -0.39 is 0 Å². The van der Waals surface area contributed by atoms with Gasteiger partial charge in [0.15, 0.2) is 0 Å². The van der Waals surface area contributed by atoms with Crippen LogP contribution in [0.4, 0.5) is 0 Å². The molecular weight excluding hydrogens is 226 g/mol. The van der Waals surface area contributed by atoms with Gasteiger partial charge in [0.05, 0.1) is 25.1 Å². The van der Waals surface area contributed by atoms with Gasteiger partial charge < -0.3 is 14.5 Å². The smallest absolute Gasteiger partial charge is 0.123 e. The summed E-state index contributed by atoms with van der Waals surface area (Å²) >= 11 is 0. The summed E-state index contributed by atoms with van der Waals surface area (Å²) in [6.45, 7) is 7.04. The van der Waals surface area contributed by atoms with Gasteiger partial charge in [0.1, 0.15) is 5.82 Å². The molecule has 0 atom stereocenters. The lowest BCUT2D eigenvalue weighted by atomic mass is 10.2. The molecule has 0 radical (unpaired) electrons. The van der Waals surface area contributed by atoms with E-state index in [0.29, 0.717) is 5.92 Å². The Balaban J connectivity index is 1.97. The molecule has 2 rings (SSSR count). The average molecular weight is 247 g/mol. The number of rotatable bonds is 6. The molecule has 0 spiro atoms. The minimum absolute atomic E-state index is 0.658. The van der Waals surface area contributed by atoms with E-state index in [-0.39, 0.29) is 0 Å². The maximum Gasteiger partial charge on any atom is 0.123 e. The van der Waals surface area contributed by atoms with Crippen LogP contribution < -0.4 is 5.32 Å². The zero-order valence-corrected chi connectivity index (χ0v) is 11.3. The lowest BCUT2D eigenvalue weighted by Gasteiger charge is -2.10. The first-order chi connectivity index (χ1) is 8.66. The van der Waals surface area contributed by atoms with Gasteiger partial charge in [0, 0.05) is 25.6 Å². The Labute approximate surface area is 108 Å². The minimum atomic E-state index is 0.658. The van der Waals surface area contributed by atoms with Crippen LogP contribution in [0.25, 0.3) is 0 Å². The number of hydrogen-bond donors (Lipinski definition) is 1. The first-order valence-electron chi connectivity index (χ1n) is 6.32. The zero-order chi connectivity index (χ0) is 13.0. The Morgan fingerprint density at radius 2 is 2.22 bits per heavy atom. The molecule has 1 N–H and O–H groups in total. The van der Waals surface area contributed by atoms with E-state index in [4.69, 9.17) is 0 Å². The predicted octanol–water partition coefficient (Wildman–Crippen LogP) is 1.41. The molecule has 18 heavy (non-hydrogen) atoms. The van der Waals surface area contributed by atoms with Gasteiger partial charge in [0.25, 0.3) is 0 Å². The molecular formula is C13H21N5. The summed E-state index contributed by atoms with van der Waals surface area (Å²) < 4.78 is 4.19. The molecule has 0 aliphatic rings. The van der Waals surface area contributed by atoms with Gasteiger partial charge in [-0.25, -0.2) is 9.97 Å². The summed E-state index contributed by atoms with van der Waals surface area (Å²) in [4.78, 5) is 8.52. The van der Waals surface area contributed by atoms with Crippen LogP contribution in [0.3, 0.4) is 0 Å². The van der Waals surface area contributed by atoms with Crippen molar-refractivity contribution >= 4 is 0 Å². The monoisotopic (exact) mass is 247 g/mol. The summed E-state index contributed by atoms with van der Waals surface area (Å²) in [6.07, 6.45) is 7.58. The molecule has 2 heterocycles. The first kappa shape index (κ1) is 12.8. The first-order valence-corrected chi connectivity index (χ1v) is 6.32. The van der Waals surface area contributed by atoms with Crippen LogP contribution in [0, 0.1) is 5.92 Å². The fourth-order valence-electron chi connectivity index (χ4n) is 1.84. The Hall–Kier alpha value is -1.62. The average Bonchev–Trinajstić information content (AvgIpc) is 2.90. The van der Waals surface area contributed by atoms with Gasteiger partial charge in [-0.3, -0.25) is 0 Å². The van der Waals surface area contributed by atoms with E-state index in [1.165, 1.54) is 5.69 Å². The second-order valence-electron chi connectivity index (χ2n) is 4.99. The molecule has 5 nitrogen and oxygen atoms in total. The summed E-state index contributed by atoms with van der Waals surface area (Å²) in [5.74, 6) is 1.72. The lowest BCUT2D eigenvalue weighted by Crippen LogP contribution is -2.21. The van der Waals surface area contributed by atoms with E-state index in [1.54, 1.807) is 0 Å². The Kier molecular flexibility index (Phi) is 4.15. The van der Waals surface area contributed by atoms with Crippen LogP contribution in [0.5, 0.6) is 0 Å². The van der Waals surface area contributed by atoms with Gasteiger partial charge in [-0.2, -0.15) is 0 Å². The molecule has 0 aliphatic heterocycles. The van der Waals surface area contributed by atoms with E-state index >= 15 is 0 Å². The molecule has 2 aromatic rings. The van der Waals surface area contributed by atoms with Crippen molar-refractivity contribution in [3.63, 3.8) is 0 Å². The van der Waals surface area contributed by atoms with Crippen molar-refractivity contribution in [1.82, 2.24) is 24.4 Å². The van der Waals surface area contributed by atoms with Crippen molar-refractivity contribution in [2.45, 2.75) is 26.9 Å². The van der Waals surface area contributed by atoms with Gasteiger partial charge in [0.2, 0.25) is 0 Å². The van der Waals surface area contributed by atoms with Crippen molar-refractivity contribution in [1.29, 1.82) is 0 Å². The fraction of sp³-hybridized carbons (Fsp3) is 0.538. The number of hydrogen-bond acceptors (Lipinski definition) is 3. The van der Waals surface area contributed by atoms with E-state index in [9.17, 15) is 0 Å². The molecule has 0 unspecified atom stereocenters. The molecule has 0 amide bonds. The van der Waals surface area contributed by atoms with Crippen LogP contribution in [0.2, 0.25) is 0 Å². The third-order valence-electron chi connectivity index (χ3n) is 2.89. The van der Waals surface area contributed by atoms with Crippen LogP contribution in [0.15, 0.2) is 24.9 Å². The molecule has 5 heteroatoms. The number of imidazole rings is 2. The van der Waals surface area contributed by atoms with Crippen molar-refractivity contribution in [3.05, 3.63) is 36.4 Å². The normalized spacial score (nSPS) is 11.3. The molecule has 0 bridgehead atoms. The third kappa shape index (κ3) is 3.20. The molecule has 2 aromatic heterocycles. The highest BCUT2D eigenvalue weighted by Gasteiger charge is 2.05. The summed E-state index contributed by atoms with van der Waals surface area (Å²) in [5.41, 5.74) is 1.18. The number of aromatic nitrogens is 4. The highest BCUT2D eigenvalue weighted by atomic mass is 15.1.